The number of hydrogen-bond acceptors (Lipinski definition) is 1. The number of hydrogen-bond donors (Lipinski definition) is 0. The van der Waals surface area contributed by atoms with Crippen LogP contribution in [0.1, 0.15) is 42.8 Å². The predicted octanol–water partition coefficient (Wildman–Crippen LogP) is 4.57. The summed E-state index contributed by atoms with van der Waals surface area (Å²) in [7, 11) is 0. The molecule has 0 unspecified atom stereocenters. The van der Waals surface area contributed by atoms with Gasteiger partial charge in [-0.15, -0.1) is 0 Å². The van der Waals surface area contributed by atoms with Crippen LogP contribution in [0.15, 0.2) is 71.5 Å². The van der Waals surface area contributed by atoms with Crippen LogP contribution >= 0.6 is 0 Å². The summed E-state index contributed by atoms with van der Waals surface area (Å²) in [5, 5.41) is 0. The Morgan fingerprint density at radius 2 is 1.20 bits per heavy atom. The van der Waals surface area contributed by atoms with Crippen LogP contribution in [0.3, 0.4) is 0 Å². The lowest BCUT2D eigenvalue weighted by molar-refractivity contribution is 0.328. The van der Waals surface area contributed by atoms with E-state index in [2.05, 4.69) is 54.9 Å². The molecule has 0 N–H and O–H groups in total. The van der Waals surface area contributed by atoms with Gasteiger partial charge in [0.25, 0.3) is 5.56 Å². The van der Waals surface area contributed by atoms with Gasteiger partial charge in [-0.1, -0.05) is 60.7 Å². The second-order valence-corrected chi connectivity index (χ2v) is 6.89. The molecule has 130 valence electrons. The largest absolute Gasteiger partial charge is 0.284 e. The molecule has 3 aromatic rings. The molecule has 3 heteroatoms. The molecule has 0 amide bonds. The molecule has 0 bridgehead atoms. The molecule has 0 aliphatic rings. The molecular formula is C22H26N2O. The summed E-state index contributed by atoms with van der Waals surface area (Å²) in [6.07, 6.45) is 1.76. The molecule has 1 heterocycles. The number of rotatable bonds is 6. The SMILES string of the molecule is Cc1cc(=O)n([C@@H](C)Cc2ccccc2)n1[C@@H](C)Cc1ccccc1. The van der Waals surface area contributed by atoms with Crippen molar-refractivity contribution < 1.29 is 0 Å². The van der Waals surface area contributed by atoms with Crippen molar-refractivity contribution in [1.29, 1.82) is 0 Å². The molecule has 0 spiro atoms. The highest BCUT2D eigenvalue weighted by Crippen LogP contribution is 2.20. The number of aromatic nitrogens is 2. The summed E-state index contributed by atoms with van der Waals surface area (Å²) < 4.78 is 4.10. The first-order valence-electron chi connectivity index (χ1n) is 8.94. The fourth-order valence-electron chi connectivity index (χ4n) is 3.66. The third-order valence-corrected chi connectivity index (χ3v) is 4.73. The Kier molecular flexibility index (Phi) is 5.22. The minimum atomic E-state index is 0.0841. The Labute approximate surface area is 149 Å². The number of benzene rings is 2. The smallest absolute Gasteiger partial charge is 0.267 e. The highest BCUT2D eigenvalue weighted by Gasteiger charge is 2.19. The Morgan fingerprint density at radius 1 is 0.760 bits per heavy atom. The van der Waals surface area contributed by atoms with E-state index in [9.17, 15) is 4.79 Å². The third-order valence-electron chi connectivity index (χ3n) is 4.73. The van der Waals surface area contributed by atoms with Crippen LogP contribution in [-0.2, 0) is 12.8 Å². The first-order chi connectivity index (χ1) is 12.1. The van der Waals surface area contributed by atoms with Crippen LogP contribution in [0.25, 0.3) is 0 Å². The lowest BCUT2D eigenvalue weighted by Gasteiger charge is -2.25. The Hall–Kier alpha value is -2.55. The zero-order valence-electron chi connectivity index (χ0n) is 15.2. The molecule has 0 radical (unpaired) electrons. The van der Waals surface area contributed by atoms with Crippen LogP contribution in [-0.4, -0.2) is 9.36 Å². The van der Waals surface area contributed by atoms with Crippen molar-refractivity contribution >= 4 is 0 Å². The molecular weight excluding hydrogens is 308 g/mol. The summed E-state index contributed by atoms with van der Waals surface area (Å²) in [5.74, 6) is 0. The van der Waals surface area contributed by atoms with Gasteiger partial charge in [0.15, 0.2) is 0 Å². The van der Waals surface area contributed by atoms with Crippen LogP contribution in [0.2, 0.25) is 0 Å². The minimum Gasteiger partial charge on any atom is -0.284 e. The van der Waals surface area contributed by atoms with Crippen LogP contribution < -0.4 is 5.56 Å². The van der Waals surface area contributed by atoms with Crippen molar-refractivity contribution in [2.45, 2.75) is 45.7 Å². The monoisotopic (exact) mass is 334 g/mol. The molecule has 0 fully saturated rings. The fourth-order valence-corrected chi connectivity index (χ4v) is 3.66. The summed E-state index contributed by atoms with van der Waals surface area (Å²) in [6, 6.07) is 22.9. The van der Waals surface area contributed by atoms with Crippen molar-refractivity contribution in [3.63, 3.8) is 0 Å². The molecule has 0 aliphatic carbocycles. The molecule has 0 saturated carbocycles. The maximum atomic E-state index is 12.6. The number of aryl methyl sites for hydroxylation is 1. The van der Waals surface area contributed by atoms with Gasteiger partial charge < -0.3 is 0 Å². The zero-order chi connectivity index (χ0) is 17.8. The predicted molar refractivity (Wildman–Crippen MR) is 103 cm³/mol. The van der Waals surface area contributed by atoms with Gasteiger partial charge in [0.05, 0.1) is 12.1 Å². The quantitative estimate of drug-likeness (QED) is 0.649. The Morgan fingerprint density at radius 3 is 1.68 bits per heavy atom. The van der Waals surface area contributed by atoms with Crippen LogP contribution in [0.4, 0.5) is 0 Å². The highest BCUT2D eigenvalue weighted by atomic mass is 16.1. The maximum absolute atomic E-state index is 12.6. The van der Waals surface area contributed by atoms with Crippen LogP contribution in [0.5, 0.6) is 0 Å². The van der Waals surface area contributed by atoms with Crippen molar-refractivity contribution in [1.82, 2.24) is 9.36 Å². The molecule has 2 aromatic carbocycles. The molecule has 0 aliphatic heterocycles. The second kappa shape index (κ2) is 7.56. The first-order valence-corrected chi connectivity index (χ1v) is 8.94. The van der Waals surface area contributed by atoms with E-state index in [4.69, 9.17) is 0 Å². The summed E-state index contributed by atoms with van der Waals surface area (Å²) >= 11 is 0. The molecule has 25 heavy (non-hydrogen) atoms. The zero-order valence-corrected chi connectivity index (χ0v) is 15.2. The van der Waals surface area contributed by atoms with Gasteiger partial charge in [0, 0.05) is 11.8 Å². The lowest BCUT2D eigenvalue weighted by Crippen LogP contribution is -2.30. The molecule has 0 saturated heterocycles. The maximum Gasteiger partial charge on any atom is 0.267 e. The van der Waals surface area contributed by atoms with Crippen molar-refractivity contribution in [3.8, 4) is 0 Å². The molecule has 3 nitrogen and oxygen atoms in total. The minimum absolute atomic E-state index is 0.0841. The van der Waals surface area contributed by atoms with E-state index < -0.39 is 0 Å². The summed E-state index contributed by atoms with van der Waals surface area (Å²) in [4.78, 5) is 12.6. The first kappa shape index (κ1) is 17.3. The van der Waals surface area contributed by atoms with E-state index in [1.165, 1.54) is 11.1 Å². The molecule has 2 atom stereocenters. The van der Waals surface area contributed by atoms with Crippen molar-refractivity contribution in [2.75, 3.05) is 0 Å². The summed E-state index contributed by atoms with van der Waals surface area (Å²) in [6.45, 7) is 6.33. The van der Waals surface area contributed by atoms with Gasteiger partial charge in [-0.2, -0.15) is 0 Å². The van der Waals surface area contributed by atoms with Crippen LogP contribution in [0, 0.1) is 6.92 Å². The van der Waals surface area contributed by atoms with E-state index in [1.807, 2.05) is 35.9 Å². The lowest BCUT2D eigenvalue weighted by atomic mass is 10.1. The standard InChI is InChI=1S/C22H26N2O/c1-17(14-20-10-6-4-7-11-20)23-19(3)16-22(25)24(23)18(2)15-21-12-8-5-9-13-21/h4-13,16-18H,14-15H2,1-3H3/t17-,18-/m0/s1. The van der Waals surface area contributed by atoms with Gasteiger partial charge in [-0.3, -0.25) is 9.48 Å². The van der Waals surface area contributed by atoms with E-state index in [0.717, 1.165) is 18.5 Å². The molecule has 3 rings (SSSR count). The van der Waals surface area contributed by atoms with E-state index in [0.29, 0.717) is 0 Å². The normalized spacial score (nSPS) is 13.6. The van der Waals surface area contributed by atoms with Gasteiger partial charge in [-0.25, -0.2) is 4.68 Å². The van der Waals surface area contributed by atoms with E-state index in [1.54, 1.807) is 6.07 Å². The van der Waals surface area contributed by atoms with Crippen molar-refractivity contribution in [3.05, 3.63) is 93.9 Å². The number of nitrogens with zero attached hydrogens (tertiary/aromatic N) is 2. The highest BCUT2D eigenvalue weighted by molar-refractivity contribution is 5.17. The van der Waals surface area contributed by atoms with Gasteiger partial charge in [-0.05, 0) is 44.7 Å². The van der Waals surface area contributed by atoms with Gasteiger partial charge in [0.2, 0.25) is 0 Å². The Bertz CT molecular complexity index is 862. The average molecular weight is 334 g/mol. The topological polar surface area (TPSA) is 26.9 Å². The van der Waals surface area contributed by atoms with E-state index in [-0.39, 0.29) is 17.6 Å². The van der Waals surface area contributed by atoms with Gasteiger partial charge in [0.1, 0.15) is 0 Å². The average Bonchev–Trinajstić information content (AvgIpc) is 2.91. The fraction of sp³-hybridized carbons (Fsp3) is 0.318. The third kappa shape index (κ3) is 3.93. The Balaban J connectivity index is 1.88. The van der Waals surface area contributed by atoms with Gasteiger partial charge >= 0.3 is 0 Å². The molecule has 1 aromatic heterocycles. The van der Waals surface area contributed by atoms with Crippen molar-refractivity contribution in [2.24, 2.45) is 0 Å². The second-order valence-electron chi connectivity index (χ2n) is 6.89. The van der Waals surface area contributed by atoms with E-state index >= 15 is 0 Å². The summed E-state index contributed by atoms with van der Waals surface area (Å²) in [5.41, 5.74) is 3.65.